The van der Waals surface area contributed by atoms with Crippen LogP contribution in [-0.2, 0) is 9.31 Å². The molecule has 0 spiro atoms. The zero-order valence-corrected chi connectivity index (χ0v) is 10.9. The highest BCUT2D eigenvalue weighted by Crippen LogP contribution is 2.29. The molecule has 0 bridgehead atoms. The first-order chi connectivity index (χ1) is 9.06. The molecule has 2 heterocycles. The third kappa shape index (κ3) is 2.17. The van der Waals surface area contributed by atoms with E-state index in [-0.39, 0.29) is 0 Å². The predicted molar refractivity (Wildman–Crippen MR) is 72.7 cm³/mol. The Morgan fingerprint density at radius 3 is 2.47 bits per heavy atom. The quantitative estimate of drug-likeness (QED) is 0.773. The van der Waals surface area contributed by atoms with Crippen LogP contribution in [0.2, 0.25) is 0 Å². The number of benzene rings is 1. The van der Waals surface area contributed by atoms with Crippen LogP contribution in [0.3, 0.4) is 0 Å². The molecular formula is C14H14BNO3. The van der Waals surface area contributed by atoms with Crippen LogP contribution in [0.25, 0.3) is 11.3 Å². The Bertz CT molecular complexity index is 590. The van der Waals surface area contributed by atoms with Gasteiger partial charge in [-0.2, -0.15) is 0 Å². The van der Waals surface area contributed by atoms with Gasteiger partial charge in [0, 0.05) is 5.56 Å². The van der Waals surface area contributed by atoms with Crippen LogP contribution in [0.15, 0.2) is 53.6 Å². The number of rotatable bonds is 2. The van der Waals surface area contributed by atoms with Crippen molar-refractivity contribution in [2.75, 3.05) is 0 Å². The van der Waals surface area contributed by atoms with Crippen molar-refractivity contribution in [2.24, 2.45) is 0 Å². The van der Waals surface area contributed by atoms with Crippen LogP contribution in [0.1, 0.15) is 13.8 Å². The molecule has 19 heavy (non-hydrogen) atoms. The monoisotopic (exact) mass is 255 g/mol. The van der Waals surface area contributed by atoms with E-state index in [2.05, 4.69) is 11.6 Å². The Balaban J connectivity index is 1.83. The fraction of sp³-hybridized carbons (Fsp3) is 0.214. The zero-order valence-electron chi connectivity index (χ0n) is 10.9. The zero-order chi connectivity index (χ0) is 13.5. The Morgan fingerprint density at radius 1 is 1.21 bits per heavy atom. The van der Waals surface area contributed by atoms with Crippen molar-refractivity contribution in [1.29, 1.82) is 0 Å². The maximum atomic E-state index is 5.82. The van der Waals surface area contributed by atoms with Crippen molar-refractivity contribution < 1.29 is 13.7 Å². The summed E-state index contributed by atoms with van der Waals surface area (Å²) >= 11 is 0. The SMILES string of the molecule is C=C1OB(c2ccc(-c3cnco3)cc2)OC1(C)C. The van der Waals surface area contributed by atoms with Gasteiger partial charge in [-0.05, 0) is 19.3 Å². The number of aromatic nitrogens is 1. The van der Waals surface area contributed by atoms with E-state index in [1.54, 1.807) is 6.20 Å². The molecule has 1 aliphatic rings. The summed E-state index contributed by atoms with van der Waals surface area (Å²) in [7, 11) is -0.397. The molecule has 0 atom stereocenters. The molecule has 1 aromatic carbocycles. The third-order valence-corrected chi connectivity index (χ3v) is 3.22. The minimum atomic E-state index is -0.450. The molecule has 3 rings (SSSR count). The summed E-state index contributed by atoms with van der Waals surface area (Å²) < 4.78 is 16.7. The minimum Gasteiger partial charge on any atom is -0.534 e. The Labute approximate surface area is 112 Å². The van der Waals surface area contributed by atoms with E-state index in [0.29, 0.717) is 5.76 Å². The van der Waals surface area contributed by atoms with E-state index in [9.17, 15) is 0 Å². The van der Waals surface area contributed by atoms with Gasteiger partial charge in [-0.1, -0.05) is 30.8 Å². The second-order valence-electron chi connectivity index (χ2n) is 4.99. The summed E-state index contributed by atoms with van der Waals surface area (Å²) in [6, 6.07) is 7.82. The first-order valence-electron chi connectivity index (χ1n) is 6.09. The van der Waals surface area contributed by atoms with Crippen LogP contribution in [0.5, 0.6) is 0 Å². The van der Waals surface area contributed by atoms with E-state index in [1.165, 1.54) is 6.39 Å². The molecule has 0 amide bonds. The molecule has 0 saturated carbocycles. The Morgan fingerprint density at radius 2 is 1.95 bits per heavy atom. The van der Waals surface area contributed by atoms with E-state index < -0.39 is 12.7 Å². The lowest BCUT2D eigenvalue weighted by Crippen LogP contribution is -2.34. The molecule has 1 saturated heterocycles. The van der Waals surface area contributed by atoms with Gasteiger partial charge in [0.2, 0.25) is 0 Å². The standard InChI is InChI=1S/C14H14BNO3/c1-10-14(2,3)19-15(18-10)12-6-4-11(5-7-12)13-8-16-9-17-13/h4-9H,1H2,2-3H3. The molecule has 1 aliphatic heterocycles. The summed E-state index contributed by atoms with van der Waals surface area (Å²) in [4.78, 5) is 3.90. The molecule has 1 aromatic heterocycles. The summed E-state index contributed by atoms with van der Waals surface area (Å²) in [6.45, 7) is 7.76. The van der Waals surface area contributed by atoms with Gasteiger partial charge in [-0.3, -0.25) is 0 Å². The van der Waals surface area contributed by atoms with Crippen LogP contribution in [-0.4, -0.2) is 17.7 Å². The molecule has 0 aliphatic carbocycles. The van der Waals surface area contributed by atoms with Gasteiger partial charge in [-0.25, -0.2) is 4.98 Å². The summed E-state index contributed by atoms with van der Waals surface area (Å²) in [5.41, 5.74) is 1.47. The van der Waals surface area contributed by atoms with Crippen molar-refractivity contribution in [3.8, 4) is 11.3 Å². The van der Waals surface area contributed by atoms with E-state index in [0.717, 1.165) is 16.8 Å². The number of hydrogen-bond acceptors (Lipinski definition) is 4. The molecule has 0 N–H and O–H groups in total. The van der Waals surface area contributed by atoms with Crippen molar-refractivity contribution in [3.63, 3.8) is 0 Å². The maximum absolute atomic E-state index is 5.82. The van der Waals surface area contributed by atoms with Gasteiger partial charge in [0.05, 0.1) is 12.0 Å². The predicted octanol–water partition coefficient (Wildman–Crippen LogP) is 2.38. The smallest absolute Gasteiger partial charge is 0.534 e. The number of oxazole rings is 1. The highest BCUT2D eigenvalue weighted by Gasteiger charge is 2.42. The van der Waals surface area contributed by atoms with Gasteiger partial charge >= 0.3 is 7.12 Å². The second kappa shape index (κ2) is 4.28. The average molecular weight is 255 g/mol. The Hall–Kier alpha value is -2.01. The largest absolute Gasteiger partial charge is 0.563 e. The molecular weight excluding hydrogens is 241 g/mol. The van der Waals surface area contributed by atoms with Crippen molar-refractivity contribution >= 4 is 12.6 Å². The van der Waals surface area contributed by atoms with Crippen LogP contribution in [0, 0.1) is 0 Å². The second-order valence-corrected chi connectivity index (χ2v) is 4.99. The Kier molecular flexibility index (Phi) is 2.71. The molecule has 4 nitrogen and oxygen atoms in total. The van der Waals surface area contributed by atoms with Gasteiger partial charge in [0.15, 0.2) is 12.2 Å². The first kappa shape index (κ1) is 12.1. The lowest BCUT2D eigenvalue weighted by Gasteiger charge is -2.15. The lowest BCUT2D eigenvalue weighted by molar-refractivity contribution is 0.173. The van der Waals surface area contributed by atoms with Crippen molar-refractivity contribution in [2.45, 2.75) is 19.4 Å². The third-order valence-electron chi connectivity index (χ3n) is 3.22. The molecule has 0 unspecified atom stereocenters. The molecule has 96 valence electrons. The van der Waals surface area contributed by atoms with Gasteiger partial charge < -0.3 is 13.7 Å². The molecule has 1 fully saturated rings. The number of hydrogen-bond donors (Lipinski definition) is 0. The van der Waals surface area contributed by atoms with E-state index in [1.807, 2.05) is 38.1 Å². The highest BCUT2D eigenvalue weighted by atomic mass is 16.7. The normalized spacial score (nSPS) is 17.6. The van der Waals surface area contributed by atoms with Crippen LogP contribution >= 0.6 is 0 Å². The maximum Gasteiger partial charge on any atom is 0.563 e. The van der Waals surface area contributed by atoms with Gasteiger partial charge in [-0.15, -0.1) is 0 Å². The van der Waals surface area contributed by atoms with Crippen LogP contribution in [0.4, 0.5) is 0 Å². The number of nitrogens with zero attached hydrogens (tertiary/aromatic N) is 1. The molecule has 2 aromatic rings. The van der Waals surface area contributed by atoms with Crippen molar-refractivity contribution in [1.82, 2.24) is 4.98 Å². The van der Waals surface area contributed by atoms with E-state index in [4.69, 9.17) is 13.7 Å². The average Bonchev–Trinajstić information content (AvgIpc) is 2.99. The van der Waals surface area contributed by atoms with Crippen LogP contribution < -0.4 is 5.46 Å². The van der Waals surface area contributed by atoms with Gasteiger partial charge in [0.25, 0.3) is 0 Å². The summed E-state index contributed by atoms with van der Waals surface area (Å²) in [5, 5.41) is 0. The molecule has 5 heteroatoms. The fourth-order valence-electron chi connectivity index (χ4n) is 1.93. The summed E-state index contributed by atoms with van der Waals surface area (Å²) in [5.74, 6) is 1.39. The fourth-order valence-corrected chi connectivity index (χ4v) is 1.93. The molecule has 0 radical (unpaired) electrons. The minimum absolute atomic E-state index is 0.397. The van der Waals surface area contributed by atoms with E-state index >= 15 is 0 Å². The topological polar surface area (TPSA) is 44.5 Å². The van der Waals surface area contributed by atoms with Gasteiger partial charge in [0.1, 0.15) is 5.60 Å². The van der Waals surface area contributed by atoms with Crippen molar-refractivity contribution in [3.05, 3.63) is 49.2 Å². The summed E-state index contributed by atoms with van der Waals surface area (Å²) in [6.07, 6.45) is 3.10. The lowest BCUT2D eigenvalue weighted by atomic mass is 9.79. The highest BCUT2D eigenvalue weighted by molar-refractivity contribution is 6.62. The first-order valence-corrected chi connectivity index (χ1v) is 6.09.